The lowest BCUT2D eigenvalue weighted by atomic mass is 9.98. The molecule has 0 fully saturated rings. The third-order valence-electron chi connectivity index (χ3n) is 4.95. The molecule has 1 N–H and O–H groups in total. The molecule has 5 nitrogen and oxygen atoms in total. The van der Waals surface area contributed by atoms with Crippen LogP contribution in [-0.4, -0.2) is 22.4 Å². The maximum Gasteiger partial charge on any atom is 0.258 e. The van der Waals surface area contributed by atoms with Gasteiger partial charge in [-0.2, -0.15) is 0 Å². The molecule has 5 heteroatoms. The van der Waals surface area contributed by atoms with E-state index < -0.39 is 0 Å². The van der Waals surface area contributed by atoms with Gasteiger partial charge in [-0.25, -0.2) is 9.97 Å². The maximum atomic E-state index is 12.8. The van der Waals surface area contributed by atoms with Gasteiger partial charge in [-0.05, 0) is 36.5 Å². The Kier molecular flexibility index (Phi) is 6.60. The monoisotopic (exact) mass is 388 g/mol. The molecule has 0 saturated heterocycles. The molecule has 29 heavy (non-hydrogen) atoms. The summed E-state index contributed by atoms with van der Waals surface area (Å²) in [7, 11) is 0. The summed E-state index contributed by atoms with van der Waals surface area (Å²) in [6.45, 7) is 9.82. The zero-order valence-corrected chi connectivity index (χ0v) is 17.5. The molecule has 2 aromatic carbocycles. The van der Waals surface area contributed by atoms with Crippen LogP contribution in [0.3, 0.4) is 0 Å². The van der Waals surface area contributed by atoms with Crippen LogP contribution in [0, 0.1) is 6.92 Å². The van der Waals surface area contributed by atoms with Crippen molar-refractivity contribution in [3.8, 4) is 0 Å². The van der Waals surface area contributed by atoms with Gasteiger partial charge in [0.15, 0.2) is 0 Å². The number of hydrogen-bond donors (Lipinski definition) is 1. The number of rotatable bonds is 7. The summed E-state index contributed by atoms with van der Waals surface area (Å²) in [5.74, 6) is 0.741. The van der Waals surface area contributed by atoms with Gasteiger partial charge in [-0.1, -0.05) is 62.4 Å². The summed E-state index contributed by atoms with van der Waals surface area (Å²) in [6.07, 6.45) is 3.19. The van der Waals surface area contributed by atoms with Crippen molar-refractivity contribution in [2.45, 2.75) is 40.2 Å². The van der Waals surface area contributed by atoms with Gasteiger partial charge >= 0.3 is 0 Å². The van der Waals surface area contributed by atoms with Crippen LogP contribution in [0.1, 0.15) is 53.7 Å². The quantitative estimate of drug-likeness (QED) is 0.605. The SMILES string of the molecule is CCN(Cc1ccccc1)c1ncc(C(=O)Nc2c(C)cccc2C(C)C)cn1. The Hall–Kier alpha value is -3.21. The predicted molar refractivity (Wildman–Crippen MR) is 118 cm³/mol. The summed E-state index contributed by atoms with van der Waals surface area (Å²) < 4.78 is 0. The van der Waals surface area contributed by atoms with E-state index in [0.29, 0.717) is 17.4 Å². The van der Waals surface area contributed by atoms with Crippen LogP contribution >= 0.6 is 0 Å². The first kappa shape index (κ1) is 20.5. The normalized spacial score (nSPS) is 10.8. The number of benzene rings is 2. The number of para-hydroxylation sites is 1. The Bertz CT molecular complexity index is 952. The third-order valence-corrected chi connectivity index (χ3v) is 4.95. The topological polar surface area (TPSA) is 58.1 Å². The van der Waals surface area contributed by atoms with Crippen LogP contribution < -0.4 is 10.2 Å². The van der Waals surface area contributed by atoms with E-state index in [0.717, 1.165) is 29.9 Å². The highest BCUT2D eigenvalue weighted by Crippen LogP contribution is 2.27. The van der Waals surface area contributed by atoms with Gasteiger partial charge in [-0.15, -0.1) is 0 Å². The number of aryl methyl sites for hydroxylation is 1. The number of carbonyl (C=O) groups is 1. The van der Waals surface area contributed by atoms with Gasteiger partial charge in [0.2, 0.25) is 5.95 Å². The van der Waals surface area contributed by atoms with E-state index in [1.165, 1.54) is 5.56 Å². The minimum Gasteiger partial charge on any atom is -0.337 e. The first-order chi connectivity index (χ1) is 14.0. The highest BCUT2D eigenvalue weighted by molar-refractivity contribution is 6.04. The van der Waals surface area contributed by atoms with Crippen molar-refractivity contribution >= 4 is 17.5 Å². The number of carbonyl (C=O) groups excluding carboxylic acids is 1. The van der Waals surface area contributed by atoms with Crippen molar-refractivity contribution in [2.24, 2.45) is 0 Å². The summed E-state index contributed by atoms with van der Waals surface area (Å²) in [5.41, 5.74) is 4.68. The minimum absolute atomic E-state index is 0.196. The summed E-state index contributed by atoms with van der Waals surface area (Å²) in [5, 5.41) is 3.05. The smallest absolute Gasteiger partial charge is 0.258 e. The Balaban J connectivity index is 1.75. The molecule has 0 bridgehead atoms. The van der Waals surface area contributed by atoms with Gasteiger partial charge in [0, 0.05) is 31.2 Å². The van der Waals surface area contributed by atoms with Gasteiger partial charge < -0.3 is 10.2 Å². The first-order valence-corrected chi connectivity index (χ1v) is 10.0. The molecule has 0 aliphatic rings. The Morgan fingerprint density at radius 1 is 1.03 bits per heavy atom. The highest BCUT2D eigenvalue weighted by atomic mass is 16.1. The van der Waals surface area contributed by atoms with Crippen molar-refractivity contribution in [1.29, 1.82) is 0 Å². The first-order valence-electron chi connectivity index (χ1n) is 10.0. The number of amides is 1. The molecule has 0 aliphatic heterocycles. The van der Waals surface area contributed by atoms with E-state index >= 15 is 0 Å². The van der Waals surface area contributed by atoms with Gasteiger partial charge in [-0.3, -0.25) is 4.79 Å². The van der Waals surface area contributed by atoms with Crippen molar-refractivity contribution in [3.63, 3.8) is 0 Å². The highest BCUT2D eigenvalue weighted by Gasteiger charge is 2.15. The van der Waals surface area contributed by atoms with Gasteiger partial charge in [0.1, 0.15) is 0 Å². The van der Waals surface area contributed by atoms with Crippen LogP contribution in [0.5, 0.6) is 0 Å². The van der Waals surface area contributed by atoms with E-state index in [4.69, 9.17) is 0 Å². The average molecular weight is 389 g/mol. The predicted octanol–water partition coefficient (Wildman–Crippen LogP) is 5.19. The lowest BCUT2D eigenvalue weighted by Crippen LogP contribution is -2.24. The summed E-state index contributed by atoms with van der Waals surface area (Å²) in [6, 6.07) is 16.3. The second-order valence-corrected chi connectivity index (χ2v) is 7.42. The van der Waals surface area contributed by atoms with Crippen LogP contribution in [0.2, 0.25) is 0 Å². The van der Waals surface area contributed by atoms with Crippen LogP contribution in [-0.2, 0) is 6.54 Å². The second-order valence-electron chi connectivity index (χ2n) is 7.42. The van der Waals surface area contributed by atoms with E-state index in [-0.39, 0.29) is 5.91 Å². The number of nitrogens with one attached hydrogen (secondary N) is 1. The van der Waals surface area contributed by atoms with Crippen molar-refractivity contribution in [2.75, 3.05) is 16.8 Å². The molecule has 0 radical (unpaired) electrons. The molecule has 0 atom stereocenters. The summed E-state index contributed by atoms with van der Waals surface area (Å²) >= 11 is 0. The van der Waals surface area contributed by atoms with E-state index in [9.17, 15) is 4.79 Å². The van der Waals surface area contributed by atoms with E-state index in [2.05, 4.69) is 59.2 Å². The molecule has 3 aromatic rings. The minimum atomic E-state index is -0.196. The zero-order chi connectivity index (χ0) is 20.8. The zero-order valence-electron chi connectivity index (χ0n) is 17.5. The Morgan fingerprint density at radius 3 is 2.34 bits per heavy atom. The largest absolute Gasteiger partial charge is 0.337 e. The van der Waals surface area contributed by atoms with Crippen molar-refractivity contribution < 1.29 is 4.79 Å². The molecule has 0 saturated carbocycles. The van der Waals surface area contributed by atoms with E-state index in [1.54, 1.807) is 12.4 Å². The van der Waals surface area contributed by atoms with Gasteiger partial charge in [0.05, 0.1) is 5.56 Å². The fourth-order valence-corrected chi connectivity index (χ4v) is 3.26. The molecule has 3 rings (SSSR count). The molecule has 0 unspecified atom stereocenters. The standard InChI is InChI=1S/C24H28N4O/c1-5-28(16-19-11-7-6-8-12-19)24-25-14-20(15-26-24)23(29)27-22-18(4)10-9-13-21(22)17(2)3/h6-15,17H,5,16H2,1-4H3,(H,27,29). The Labute approximate surface area is 172 Å². The van der Waals surface area contributed by atoms with Gasteiger partial charge in [0.25, 0.3) is 5.91 Å². The second kappa shape index (κ2) is 9.32. The maximum absolute atomic E-state index is 12.8. The van der Waals surface area contributed by atoms with Crippen molar-refractivity contribution in [3.05, 3.63) is 83.2 Å². The lowest BCUT2D eigenvalue weighted by molar-refractivity contribution is 0.102. The average Bonchev–Trinajstić information content (AvgIpc) is 2.74. The molecule has 0 spiro atoms. The lowest BCUT2D eigenvalue weighted by Gasteiger charge is -2.21. The van der Waals surface area contributed by atoms with Crippen LogP contribution in [0.25, 0.3) is 0 Å². The molecular formula is C24H28N4O. The third kappa shape index (κ3) is 4.99. The number of nitrogens with zero attached hydrogens (tertiary/aromatic N) is 3. The number of anilines is 2. The number of hydrogen-bond acceptors (Lipinski definition) is 4. The number of aromatic nitrogens is 2. The summed E-state index contributed by atoms with van der Waals surface area (Å²) in [4.78, 5) is 23.7. The van der Waals surface area contributed by atoms with Crippen LogP contribution in [0.15, 0.2) is 60.9 Å². The van der Waals surface area contributed by atoms with E-state index in [1.807, 2.05) is 37.3 Å². The fourth-order valence-electron chi connectivity index (χ4n) is 3.26. The fraction of sp³-hybridized carbons (Fsp3) is 0.292. The van der Waals surface area contributed by atoms with Crippen molar-refractivity contribution in [1.82, 2.24) is 9.97 Å². The van der Waals surface area contributed by atoms with Crippen LogP contribution in [0.4, 0.5) is 11.6 Å². The molecule has 1 aromatic heterocycles. The Morgan fingerprint density at radius 2 is 1.72 bits per heavy atom. The molecule has 1 heterocycles. The molecule has 1 amide bonds. The molecule has 150 valence electrons. The molecule has 0 aliphatic carbocycles. The molecular weight excluding hydrogens is 360 g/mol.